The molecular formula is C32H31Cl3O2P2. The maximum absolute atomic E-state index is 6.63. The zero-order valence-electron chi connectivity index (χ0n) is 22.2. The highest BCUT2D eigenvalue weighted by Gasteiger charge is 2.43. The van der Waals surface area contributed by atoms with Crippen molar-refractivity contribution in [3.8, 4) is 0 Å². The molecule has 1 aliphatic heterocycles. The Labute approximate surface area is 249 Å². The van der Waals surface area contributed by atoms with Gasteiger partial charge >= 0.3 is 0 Å². The van der Waals surface area contributed by atoms with Gasteiger partial charge in [0, 0.05) is 27.4 Å². The first-order chi connectivity index (χ1) is 18.7. The highest BCUT2D eigenvalue weighted by molar-refractivity contribution is 7.73. The standard InChI is InChI=1S/C32H31Cl3O2P2/c1-22-4-12-26(13-5-22)38(27-14-6-23(33)7-15-27)20-30-31(37-32(2,3)36-30)21-39(28-16-8-24(34)9-17-28)29-18-10-25(35)11-19-29/h4-19,30-31H,20-21H2,1-3H3/t30-,31-,38?/m0/s1. The smallest absolute Gasteiger partial charge is 0.163 e. The third kappa shape index (κ3) is 7.44. The Morgan fingerprint density at radius 1 is 0.538 bits per heavy atom. The summed E-state index contributed by atoms with van der Waals surface area (Å²) in [5, 5.41) is 7.32. The van der Waals surface area contributed by atoms with Gasteiger partial charge in [-0.3, -0.25) is 0 Å². The van der Waals surface area contributed by atoms with Crippen molar-refractivity contribution >= 4 is 71.9 Å². The van der Waals surface area contributed by atoms with Gasteiger partial charge in [-0.25, -0.2) is 0 Å². The van der Waals surface area contributed by atoms with Crippen LogP contribution < -0.4 is 21.2 Å². The predicted octanol–water partition coefficient (Wildman–Crippen LogP) is 8.04. The van der Waals surface area contributed by atoms with E-state index in [0.717, 1.165) is 27.4 Å². The van der Waals surface area contributed by atoms with Crippen LogP contribution >= 0.6 is 50.6 Å². The molecule has 5 rings (SSSR count). The summed E-state index contributed by atoms with van der Waals surface area (Å²) in [5.74, 6) is -0.662. The molecule has 1 saturated heterocycles. The van der Waals surface area contributed by atoms with Crippen molar-refractivity contribution in [3.63, 3.8) is 0 Å². The number of halogens is 3. The molecule has 4 aromatic rings. The largest absolute Gasteiger partial charge is 0.344 e. The summed E-state index contributed by atoms with van der Waals surface area (Å²) in [7, 11) is -1.42. The number of hydrogen-bond donors (Lipinski definition) is 0. The van der Waals surface area contributed by atoms with Gasteiger partial charge in [0.15, 0.2) is 5.79 Å². The van der Waals surface area contributed by atoms with Crippen LogP contribution in [-0.4, -0.2) is 30.3 Å². The maximum atomic E-state index is 6.63. The van der Waals surface area contributed by atoms with Gasteiger partial charge in [-0.1, -0.05) is 101 Å². The Balaban J connectivity index is 1.48. The summed E-state index contributed by atoms with van der Waals surface area (Å²) in [4.78, 5) is 0. The number of hydrogen-bond acceptors (Lipinski definition) is 2. The van der Waals surface area contributed by atoms with Crippen molar-refractivity contribution in [2.24, 2.45) is 0 Å². The number of rotatable bonds is 8. The fourth-order valence-electron chi connectivity index (χ4n) is 4.89. The van der Waals surface area contributed by atoms with Crippen molar-refractivity contribution in [1.82, 2.24) is 0 Å². The fourth-order valence-corrected chi connectivity index (χ4v) is 10.1. The van der Waals surface area contributed by atoms with Crippen molar-refractivity contribution in [1.29, 1.82) is 0 Å². The van der Waals surface area contributed by atoms with Crippen LogP contribution in [0, 0.1) is 6.92 Å². The van der Waals surface area contributed by atoms with Crippen LogP contribution in [0.5, 0.6) is 0 Å². The second-order valence-electron chi connectivity index (χ2n) is 10.2. The molecule has 0 amide bonds. The minimum absolute atomic E-state index is 0.0623. The Hall–Kier alpha value is -1.47. The Kier molecular flexibility index (Phi) is 9.37. The Morgan fingerprint density at radius 2 is 0.821 bits per heavy atom. The van der Waals surface area contributed by atoms with Gasteiger partial charge in [-0.15, -0.1) is 0 Å². The van der Waals surface area contributed by atoms with E-state index < -0.39 is 21.6 Å². The summed E-state index contributed by atoms with van der Waals surface area (Å²) in [5.41, 5.74) is 1.25. The molecule has 0 aliphatic carbocycles. The van der Waals surface area contributed by atoms with Crippen molar-refractivity contribution in [3.05, 3.63) is 118 Å². The van der Waals surface area contributed by atoms with Crippen molar-refractivity contribution in [2.45, 2.75) is 38.8 Å². The van der Waals surface area contributed by atoms with Crippen LogP contribution in [-0.2, 0) is 9.47 Å². The molecule has 0 bridgehead atoms. The average Bonchev–Trinajstić information content (AvgIpc) is 3.21. The van der Waals surface area contributed by atoms with E-state index in [9.17, 15) is 0 Å². The third-order valence-corrected chi connectivity index (χ3v) is 12.7. The number of benzene rings is 4. The minimum Gasteiger partial charge on any atom is -0.344 e. The van der Waals surface area contributed by atoms with E-state index in [-0.39, 0.29) is 12.2 Å². The highest BCUT2D eigenvalue weighted by atomic mass is 35.5. The van der Waals surface area contributed by atoms with Crippen molar-refractivity contribution in [2.75, 3.05) is 12.3 Å². The van der Waals surface area contributed by atoms with Gasteiger partial charge in [-0.05, 0) is 94.2 Å². The lowest BCUT2D eigenvalue weighted by atomic mass is 10.2. The lowest BCUT2D eigenvalue weighted by molar-refractivity contribution is -0.142. The van der Waals surface area contributed by atoms with E-state index in [1.54, 1.807) is 0 Å². The molecule has 0 radical (unpaired) electrons. The molecule has 0 aromatic heterocycles. The van der Waals surface area contributed by atoms with Gasteiger partial charge in [0.05, 0.1) is 12.2 Å². The lowest BCUT2D eigenvalue weighted by Gasteiger charge is -2.27. The zero-order valence-corrected chi connectivity index (χ0v) is 26.2. The van der Waals surface area contributed by atoms with E-state index in [1.807, 2.05) is 50.2 Å². The van der Waals surface area contributed by atoms with E-state index in [2.05, 4.69) is 67.6 Å². The molecular weight excluding hydrogens is 585 g/mol. The topological polar surface area (TPSA) is 18.5 Å². The van der Waals surface area contributed by atoms with Gasteiger partial charge in [0.1, 0.15) is 0 Å². The molecule has 202 valence electrons. The van der Waals surface area contributed by atoms with Gasteiger partial charge < -0.3 is 9.47 Å². The number of aryl methyl sites for hydroxylation is 1. The van der Waals surface area contributed by atoms with Gasteiger partial charge in [-0.2, -0.15) is 0 Å². The molecule has 7 heteroatoms. The van der Waals surface area contributed by atoms with Crippen LogP contribution in [0.2, 0.25) is 15.1 Å². The quantitative estimate of drug-likeness (QED) is 0.187. The molecule has 0 saturated carbocycles. The van der Waals surface area contributed by atoms with Crippen LogP contribution in [0.3, 0.4) is 0 Å². The average molecular weight is 616 g/mol. The van der Waals surface area contributed by atoms with Crippen molar-refractivity contribution < 1.29 is 9.47 Å². The molecule has 3 atom stereocenters. The summed E-state index contributed by atoms with van der Waals surface area (Å²) in [6.45, 7) is 6.16. The first-order valence-corrected chi connectivity index (χ1v) is 17.1. The molecule has 2 nitrogen and oxygen atoms in total. The van der Waals surface area contributed by atoms with Crippen LogP contribution in [0.25, 0.3) is 0 Å². The molecule has 1 heterocycles. The fraction of sp³-hybridized carbons (Fsp3) is 0.250. The maximum Gasteiger partial charge on any atom is 0.163 e. The van der Waals surface area contributed by atoms with Crippen LogP contribution in [0.4, 0.5) is 0 Å². The third-order valence-electron chi connectivity index (χ3n) is 6.77. The molecule has 0 N–H and O–H groups in total. The zero-order chi connectivity index (χ0) is 27.6. The minimum atomic E-state index is -0.729. The van der Waals surface area contributed by atoms with E-state index >= 15 is 0 Å². The summed E-state index contributed by atoms with van der Waals surface area (Å²) in [6, 6.07) is 33.5. The molecule has 1 aliphatic rings. The Bertz CT molecular complexity index is 1180. The number of ether oxygens (including phenoxy) is 2. The summed E-state index contributed by atoms with van der Waals surface area (Å²) in [6.07, 6.45) is 1.57. The van der Waals surface area contributed by atoms with Gasteiger partial charge in [0.2, 0.25) is 0 Å². The Morgan fingerprint density at radius 3 is 1.13 bits per heavy atom. The van der Waals surface area contributed by atoms with Crippen LogP contribution in [0.15, 0.2) is 97.1 Å². The second kappa shape index (κ2) is 12.6. The first kappa shape index (κ1) is 29.0. The lowest BCUT2D eigenvalue weighted by Crippen LogP contribution is -2.33. The normalized spacial score (nSPS) is 19.4. The predicted molar refractivity (Wildman–Crippen MR) is 171 cm³/mol. The second-order valence-corrected chi connectivity index (χ2v) is 16.0. The summed E-state index contributed by atoms with van der Waals surface area (Å²) >= 11 is 18.7. The van der Waals surface area contributed by atoms with E-state index in [0.29, 0.717) is 0 Å². The van der Waals surface area contributed by atoms with E-state index in [4.69, 9.17) is 44.3 Å². The molecule has 1 unspecified atom stereocenters. The molecule has 1 fully saturated rings. The molecule has 0 spiro atoms. The highest BCUT2D eigenvalue weighted by Crippen LogP contribution is 2.44. The summed E-state index contributed by atoms with van der Waals surface area (Å²) < 4.78 is 13.3. The first-order valence-electron chi connectivity index (χ1n) is 12.9. The monoisotopic (exact) mass is 614 g/mol. The molecule has 4 aromatic carbocycles. The SMILES string of the molecule is Cc1ccc(P(C[C@@H]2OC(C)(C)O[C@H]2CP(c2ccc(Cl)cc2)c2ccc(Cl)cc2)c2ccc(Cl)cc2)cc1. The van der Waals surface area contributed by atoms with Crippen LogP contribution in [0.1, 0.15) is 19.4 Å². The van der Waals surface area contributed by atoms with E-state index in [1.165, 1.54) is 26.8 Å². The molecule has 39 heavy (non-hydrogen) atoms. The van der Waals surface area contributed by atoms with Gasteiger partial charge in [0.25, 0.3) is 0 Å².